The molecular formula is C19H23N2+. The lowest BCUT2D eigenvalue weighted by molar-refractivity contribution is -0.671. The number of piperidine rings is 1. The highest BCUT2D eigenvalue weighted by Gasteiger charge is 2.09. The lowest BCUT2D eigenvalue weighted by Gasteiger charge is -2.28. The zero-order valence-corrected chi connectivity index (χ0v) is 12.7. The summed E-state index contributed by atoms with van der Waals surface area (Å²) < 4.78 is 2.05. The molecule has 1 aliphatic rings. The van der Waals surface area contributed by atoms with E-state index in [9.17, 15) is 0 Å². The van der Waals surface area contributed by atoms with Gasteiger partial charge in [-0.25, -0.2) is 4.57 Å². The lowest BCUT2D eigenvalue weighted by Crippen LogP contribution is -2.29. The third-order valence-corrected chi connectivity index (χ3v) is 4.09. The van der Waals surface area contributed by atoms with E-state index in [1.165, 1.54) is 49.2 Å². The van der Waals surface area contributed by atoms with Crippen molar-refractivity contribution in [1.29, 1.82) is 0 Å². The predicted octanol–water partition coefficient (Wildman–Crippen LogP) is 3.67. The highest BCUT2D eigenvalue weighted by Crippen LogP contribution is 2.20. The van der Waals surface area contributed by atoms with E-state index in [4.69, 9.17) is 0 Å². The highest BCUT2D eigenvalue weighted by molar-refractivity contribution is 5.70. The summed E-state index contributed by atoms with van der Waals surface area (Å²) in [6, 6.07) is 13.2. The second-order valence-electron chi connectivity index (χ2n) is 5.77. The highest BCUT2D eigenvalue weighted by atomic mass is 15.1. The van der Waals surface area contributed by atoms with Gasteiger partial charge < -0.3 is 4.90 Å². The zero-order valence-electron chi connectivity index (χ0n) is 12.7. The molecule has 0 radical (unpaired) electrons. The molecule has 0 aliphatic carbocycles. The monoisotopic (exact) mass is 279 g/mol. The van der Waals surface area contributed by atoms with Crippen LogP contribution in [-0.4, -0.2) is 13.1 Å². The average molecular weight is 279 g/mol. The second kappa shape index (κ2) is 6.57. The van der Waals surface area contributed by atoms with Gasteiger partial charge in [0, 0.05) is 30.9 Å². The van der Waals surface area contributed by atoms with Gasteiger partial charge >= 0.3 is 0 Å². The molecule has 3 rings (SSSR count). The van der Waals surface area contributed by atoms with Crippen molar-refractivity contribution < 1.29 is 4.57 Å². The largest absolute Gasteiger partial charge is 0.372 e. The predicted molar refractivity (Wildman–Crippen MR) is 89.1 cm³/mol. The van der Waals surface area contributed by atoms with Crippen molar-refractivity contribution in [2.45, 2.75) is 19.3 Å². The quantitative estimate of drug-likeness (QED) is 0.778. The molecule has 1 saturated heterocycles. The van der Waals surface area contributed by atoms with Gasteiger partial charge in [0.15, 0.2) is 12.4 Å². The van der Waals surface area contributed by atoms with Crippen molar-refractivity contribution in [2.75, 3.05) is 18.0 Å². The van der Waals surface area contributed by atoms with E-state index in [0.717, 1.165) is 0 Å². The Bertz CT molecular complexity index is 590. The first-order chi connectivity index (χ1) is 10.3. The van der Waals surface area contributed by atoms with Gasteiger partial charge in [-0.2, -0.15) is 0 Å². The van der Waals surface area contributed by atoms with Crippen molar-refractivity contribution in [2.24, 2.45) is 7.05 Å². The molecule has 0 saturated carbocycles. The van der Waals surface area contributed by atoms with Gasteiger partial charge in [0.05, 0.1) is 0 Å². The molecule has 2 heterocycles. The molecule has 2 aromatic rings. The normalized spacial score (nSPS) is 15.6. The molecule has 21 heavy (non-hydrogen) atoms. The maximum atomic E-state index is 2.49. The van der Waals surface area contributed by atoms with Gasteiger partial charge in [-0.1, -0.05) is 24.3 Å². The molecule has 1 fully saturated rings. The molecule has 0 atom stereocenters. The van der Waals surface area contributed by atoms with Gasteiger partial charge in [-0.15, -0.1) is 0 Å². The lowest BCUT2D eigenvalue weighted by atomic mass is 10.1. The summed E-state index contributed by atoms with van der Waals surface area (Å²) in [7, 11) is 2.03. The molecule has 0 N–H and O–H groups in total. The Balaban J connectivity index is 1.67. The summed E-state index contributed by atoms with van der Waals surface area (Å²) in [4.78, 5) is 2.49. The molecule has 1 aromatic carbocycles. The Kier molecular flexibility index (Phi) is 4.34. The number of anilines is 1. The van der Waals surface area contributed by atoms with E-state index in [0.29, 0.717) is 0 Å². The van der Waals surface area contributed by atoms with E-state index in [1.807, 2.05) is 11.6 Å². The van der Waals surface area contributed by atoms with Gasteiger partial charge in [0.25, 0.3) is 0 Å². The SMILES string of the molecule is C[n+]1ccc(/C=C/c2ccc(N3CCCCC3)cc2)cc1. The fourth-order valence-electron chi connectivity index (χ4n) is 2.76. The van der Waals surface area contributed by atoms with Gasteiger partial charge in [-0.05, 0) is 42.5 Å². The fourth-order valence-corrected chi connectivity index (χ4v) is 2.76. The van der Waals surface area contributed by atoms with Crippen molar-refractivity contribution in [1.82, 2.24) is 0 Å². The Morgan fingerprint density at radius 3 is 2.00 bits per heavy atom. The standard InChI is InChI=1S/C19H23N2/c1-20-15-11-18(12-16-20)6-5-17-7-9-19(10-8-17)21-13-3-2-4-14-21/h5-12,15-16H,2-4,13-14H2,1H3/q+1. The topological polar surface area (TPSA) is 7.12 Å². The van der Waals surface area contributed by atoms with Crippen LogP contribution in [0.25, 0.3) is 12.2 Å². The minimum absolute atomic E-state index is 1.20. The summed E-state index contributed by atoms with van der Waals surface area (Å²) in [5.74, 6) is 0. The maximum absolute atomic E-state index is 2.49. The number of rotatable bonds is 3. The van der Waals surface area contributed by atoms with Crippen molar-refractivity contribution in [3.8, 4) is 0 Å². The molecule has 1 aliphatic heterocycles. The van der Waals surface area contributed by atoms with Crippen molar-refractivity contribution in [3.05, 3.63) is 59.9 Å². The Labute approximate surface area is 127 Å². The molecular weight excluding hydrogens is 256 g/mol. The van der Waals surface area contributed by atoms with Gasteiger partial charge in [0.1, 0.15) is 7.05 Å². The summed E-state index contributed by atoms with van der Waals surface area (Å²) >= 11 is 0. The zero-order chi connectivity index (χ0) is 14.5. The van der Waals surface area contributed by atoms with Gasteiger partial charge in [0.2, 0.25) is 0 Å². The van der Waals surface area contributed by atoms with Crippen LogP contribution in [0.5, 0.6) is 0 Å². The van der Waals surface area contributed by atoms with E-state index >= 15 is 0 Å². The summed E-state index contributed by atoms with van der Waals surface area (Å²) in [6.07, 6.45) is 12.5. The molecule has 108 valence electrons. The fraction of sp³-hybridized carbons (Fsp3) is 0.316. The van der Waals surface area contributed by atoms with Crippen LogP contribution in [0.3, 0.4) is 0 Å². The van der Waals surface area contributed by atoms with E-state index < -0.39 is 0 Å². The van der Waals surface area contributed by atoms with Crippen LogP contribution in [0.1, 0.15) is 30.4 Å². The van der Waals surface area contributed by atoms with Crippen LogP contribution in [0.4, 0.5) is 5.69 Å². The number of aromatic nitrogens is 1. The average Bonchev–Trinajstić information content (AvgIpc) is 2.56. The molecule has 0 unspecified atom stereocenters. The number of hydrogen-bond donors (Lipinski definition) is 0. The van der Waals surface area contributed by atoms with Crippen molar-refractivity contribution in [3.63, 3.8) is 0 Å². The van der Waals surface area contributed by atoms with Crippen LogP contribution in [0, 0.1) is 0 Å². The number of benzene rings is 1. The number of nitrogens with zero attached hydrogens (tertiary/aromatic N) is 2. The number of hydrogen-bond acceptors (Lipinski definition) is 1. The molecule has 2 heteroatoms. The number of aryl methyl sites for hydroxylation is 1. The first-order valence-electron chi connectivity index (χ1n) is 7.80. The van der Waals surface area contributed by atoms with Crippen LogP contribution < -0.4 is 9.47 Å². The minimum Gasteiger partial charge on any atom is -0.372 e. The van der Waals surface area contributed by atoms with Crippen molar-refractivity contribution >= 4 is 17.8 Å². The maximum Gasteiger partial charge on any atom is 0.169 e. The Morgan fingerprint density at radius 1 is 0.810 bits per heavy atom. The van der Waals surface area contributed by atoms with Crippen LogP contribution in [0.15, 0.2) is 48.8 Å². The van der Waals surface area contributed by atoms with Crippen LogP contribution in [0.2, 0.25) is 0 Å². The smallest absolute Gasteiger partial charge is 0.169 e. The Morgan fingerprint density at radius 2 is 1.38 bits per heavy atom. The molecule has 1 aromatic heterocycles. The third-order valence-electron chi connectivity index (χ3n) is 4.09. The van der Waals surface area contributed by atoms with Crippen LogP contribution >= 0.6 is 0 Å². The first-order valence-corrected chi connectivity index (χ1v) is 7.80. The summed E-state index contributed by atoms with van der Waals surface area (Å²) in [6.45, 7) is 2.41. The van der Waals surface area contributed by atoms with E-state index in [-0.39, 0.29) is 0 Å². The van der Waals surface area contributed by atoms with E-state index in [1.54, 1.807) is 0 Å². The molecule has 0 bridgehead atoms. The Hall–Kier alpha value is -2.09. The molecule has 0 spiro atoms. The van der Waals surface area contributed by atoms with E-state index in [2.05, 4.69) is 65.8 Å². The summed E-state index contributed by atoms with van der Waals surface area (Å²) in [5, 5.41) is 0. The van der Waals surface area contributed by atoms with Crippen LogP contribution in [-0.2, 0) is 7.05 Å². The molecule has 0 amide bonds. The third kappa shape index (κ3) is 3.72. The summed E-state index contributed by atoms with van der Waals surface area (Å²) in [5.41, 5.74) is 3.84. The molecule has 2 nitrogen and oxygen atoms in total. The minimum atomic E-state index is 1.20. The first kappa shape index (κ1) is 13.9. The number of pyridine rings is 1. The second-order valence-corrected chi connectivity index (χ2v) is 5.77. The van der Waals surface area contributed by atoms with Gasteiger partial charge in [-0.3, -0.25) is 0 Å².